The lowest BCUT2D eigenvalue weighted by Gasteiger charge is -2.17. The first-order chi connectivity index (χ1) is 14.4. The van der Waals surface area contributed by atoms with Gasteiger partial charge in [-0.15, -0.1) is 0 Å². The first-order valence-electron chi connectivity index (χ1n) is 9.69. The van der Waals surface area contributed by atoms with E-state index in [9.17, 15) is 13.2 Å². The molecule has 0 saturated carbocycles. The Balaban J connectivity index is 1.77. The number of carbonyl (C=O) groups excluding carboxylic acids is 1. The minimum atomic E-state index is -3.24. The number of hydrogen-bond donors (Lipinski definition) is 1. The summed E-state index contributed by atoms with van der Waals surface area (Å²) in [5.41, 5.74) is 2.55. The van der Waals surface area contributed by atoms with E-state index in [2.05, 4.69) is 15.4 Å². The van der Waals surface area contributed by atoms with E-state index in [0.29, 0.717) is 37.3 Å². The molecule has 0 fully saturated rings. The molecular weight excluding hydrogens is 402 g/mol. The molecule has 0 bridgehead atoms. The summed E-state index contributed by atoms with van der Waals surface area (Å²) in [6.07, 6.45) is 6.73. The number of pyridine rings is 1. The SMILES string of the molecule is CCN(CCCNC(=O)c1cn(-c2ccccc2)nc1-c1cccnc1)S(C)(=O)=O. The molecule has 158 valence electrons. The van der Waals surface area contributed by atoms with Crippen LogP contribution in [0.3, 0.4) is 0 Å². The number of nitrogens with zero attached hydrogens (tertiary/aromatic N) is 4. The fourth-order valence-electron chi connectivity index (χ4n) is 3.08. The maximum Gasteiger partial charge on any atom is 0.255 e. The summed E-state index contributed by atoms with van der Waals surface area (Å²) < 4.78 is 26.4. The molecule has 9 heteroatoms. The zero-order chi connectivity index (χ0) is 21.6. The van der Waals surface area contributed by atoms with Crippen LogP contribution < -0.4 is 5.32 Å². The maximum atomic E-state index is 12.9. The van der Waals surface area contributed by atoms with Gasteiger partial charge in [0.2, 0.25) is 10.0 Å². The highest BCUT2D eigenvalue weighted by Gasteiger charge is 2.19. The molecule has 0 unspecified atom stereocenters. The molecule has 0 saturated heterocycles. The van der Waals surface area contributed by atoms with E-state index < -0.39 is 10.0 Å². The summed E-state index contributed by atoms with van der Waals surface area (Å²) in [4.78, 5) is 17.0. The van der Waals surface area contributed by atoms with Gasteiger partial charge in [0.25, 0.3) is 5.91 Å². The molecule has 0 atom stereocenters. The number of benzene rings is 1. The van der Waals surface area contributed by atoms with E-state index in [1.807, 2.05) is 36.4 Å². The van der Waals surface area contributed by atoms with Crippen LogP contribution in [0.2, 0.25) is 0 Å². The highest BCUT2D eigenvalue weighted by atomic mass is 32.2. The van der Waals surface area contributed by atoms with Gasteiger partial charge in [-0.25, -0.2) is 17.4 Å². The Morgan fingerprint density at radius 2 is 1.93 bits per heavy atom. The molecule has 0 spiro atoms. The third-order valence-electron chi connectivity index (χ3n) is 4.61. The average Bonchev–Trinajstić information content (AvgIpc) is 3.19. The summed E-state index contributed by atoms with van der Waals surface area (Å²) in [6.45, 7) is 2.90. The van der Waals surface area contributed by atoms with Gasteiger partial charge < -0.3 is 5.32 Å². The summed E-state index contributed by atoms with van der Waals surface area (Å²) in [5.74, 6) is -0.265. The van der Waals surface area contributed by atoms with Gasteiger partial charge in [-0.1, -0.05) is 25.1 Å². The van der Waals surface area contributed by atoms with Crippen LogP contribution >= 0.6 is 0 Å². The van der Waals surface area contributed by atoms with Gasteiger partial charge >= 0.3 is 0 Å². The van der Waals surface area contributed by atoms with Crippen LogP contribution in [-0.2, 0) is 10.0 Å². The van der Waals surface area contributed by atoms with Gasteiger partial charge in [-0.2, -0.15) is 5.10 Å². The highest BCUT2D eigenvalue weighted by molar-refractivity contribution is 7.88. The van der Waals surface area contributed by atoms with Gasteiger partial charge in [0.1, 0.15) is 5.69 Å². The second-order valence-electron chi connectivity index (χ2n) is 6.78. The van der Waals surface area contributed by atoms with Crippen molar-refractivity contribution >= 4 is 15.9 Å². The molecule has 8 nitrogen and oxygen atoms in total. The van der Waals surface area contributed by atoms with Crippen LogP contribution in [0.1, 0.15) is 23.7 Å². The Bertz CT molecular complexity index is 1080. The molecule has 0 aliphatic rings. The minimum Gasteiger partial charge on any atom is -0.352 e. The largest absolute Gasteiger partial charge is 0.352 e. The molecule has 0 radical (unpaired) electrons. The molecule has 1 aromatic carbocycles. The number of para-hydroxylation sites is 1. The zero-order valence-electron chi connectivity index (χ0n) is 17.0. The van der Waals surface area contributed by atoms with E-state index >= 15 is 0 Å². The van der Waals surface area contributed by atoms with E-state index in [-0.39, 0.29) is 5.91 Å². The lowest BCUT2D eigenvalue weighted by atomic mass is 10.1. The molecule has 3 aromatic rings. The second-order valence-corrected chi connectivity index (χ2v) is 8.76. The molecule has 2 aromatic heterocycles. The quantitative estimate of drug-likeness (QED) is 0.529. The zero-order valence-corrected chi connectivity index (χ0v) is 17.8. The number of carbonyl (C=O) groups is 1. The summed E-state index contributed by atoms with van der Waals surface area (Å²) >= 11 is 0. The summed E-state index contributed by atoms with van der Waals surface area (Å²) in [7, 11) is -3.24. The number of nitrogens with one attached hydrogen (secondary N) is 1. The van der Waals surface area contributed by atoms with Crippen molar-refractivity contribution in [2.75, 3.05) is 25.9 Å². The van der Waals surface area contributed by atoms with Crippen LogP contribution in [0, 0.1) is 0 Å². The average molecular weight is 428 g/mol. The van der Waals surface area contributed by atoms with Crippen LogP contribution in [0.4, 0.5) is 0 Å². The van der Waals surface area contributed by atoms with Crippen molar-refractivity contribution in [1.29, 1.82) is 0 Å². The first-order valence-corrected chi connectivity index (χ1v) is 11.5. The van der Waals surface area contributed by atoms with Crippen LogP contribution in [0.25, 0.3) is 16.9 Å². The van der Waals surface area contributed by atoms with E-state index in [1.54, 1.807) is 36.3 Å². The fraction of sp³-hybridized carbons (Fsp3) is 0.286. The number of rotatable bonds is 9. The maximum absolute atomic E-state index is 12.9. The van der Waals surface area contributed by atoms with Crippen molar-refractivity contribution in [3.63, 3.8) is 0 Å². The third-order valence-corrected chi connectivity index (χ3v) is 5.98. The van der Waals surface area contributed by atoms with E-state index in [0.717, 1.165) is 11.3 Å². The molecule has 1 amide bonds. The normalized spacial score (nSPS) is 11.6. The van der Waals surface area contributed by atoms with Crippen molar-refractivity contribution in [1.82, 2.24) is 24.4 Å². The Hall–Kier alpha value is -3.04. The first kappa shape index (κ1) is 21.7. The second kappa shape index (κ2) is 9.64. The van der Waals surface area contributed by atoms with Crippen molar-refractivity contribution in [3.05, 3.63) is 66.6 Å². The topological polar surface area (TPSA) is 97.2 Å². The number of sulfonamides is 1. The Morgan fingerprint density at radius 1 is 1.17 bits per heavy atom. The summed E-state index contributed by atoms with van der Waals surface area (Å²) in [5, 5.41) is 7.47. The lowest BCUT2D eigenvalue weighted by molar-refractivity contribution is 0.0953. The van der Waals surface area contributed by atoms with E-state index in [4.69, 9.17) is 0 Å². The molecular formula is C21H25N5O3S. The van der Waals surface area contributed by atoms with Crippen LogP contribution in [0.5, 0.6) is 0 Å². The standard InChI is InChI=1S/C21H25N5O3S/c1-3-25(30(2,28)29)14-8-13-23-21(27)19-16-26(18-10-5-4-6-11-18)24-20(19)17-9-7-12-22-15-17/h4-7,9-12,15-16H,3,8,13-14H2,1-2H3,(H,23,27). The smallest absolute Gasteiger partial charge is 0.255 e. The Morgan fingerprint density at radius 3 is 2.57 bits per heavy atom. The lowest BCUT2D eigenvalue weighted by Crippen LogP contribution is -2.33. The Labute approximate surface area is 176 Å². The molecule has 0 aliphatic carbocycles. The van der Waals surface area contributed by atoms with Gasteiger partial charge in [-0.05, 0) is 30.7 Å². The number of aromatic nitrogens is 3. The van der Waals surface area contributed by atoms with Crippen LogP contribution in [0.15, 0.2) is 61.1 Å². The van der Waals surface area contributed by atoms with Crippen molar-refractivity contribution in [2.24, 2.45) is 0 Å². The number of hydrogen-bond acceptors (Lipinski definition) is 5. The third kappa shape index (κ3) is 5.31. The van der Waals surface area contributed by atoms with Gasteiger partial charge in [0, 0.05) is 43.8 Å². The fourth-order valence-corrected chi connectivity index (χ4v) is 4.01. The molecule has 2 heterocycles. The molecule has 0 aliphatic heterocycles. The van der Waals surface area contributed by atoms with Gasteiger partial charge in [0.05, 0.1) is 17.5 Å². The molecule has 1 N–H and O–H groups in total. The van der Waals surface area contributed by atoms with Crippen molar-refractivity contribution in [2.45, 2.75) is 13.3 Å². The predicted octanol–water partition coefficient (Wildman–Crippen LogP) is 2.34. The van der Waals surface area contributed by atoms with Crippen molar-refractivity contribution < 1.29 is 13.2 Å². The van der Waals surface area contributed by atoms with Crippen molar-refractivity contribution in [3.8, 4) is 16.9 Å². The number of amides is 1. The van der Waals surface area contributed by atoms with Crippen LogP contribution in [-0.4, -0.2) is 59.3 Å². The van der Waals surface area contributed by atoms with E-state index in [1.165, 1.54) is 10.6 Å². The molecule has 3 rings (SSSR count). The summed E-state index contributed by atoms with van der Waals surface area (Å²) in [6, 6.07) is 13.2. The molecule has 30 heavy (non-hydrogen) atoms. The van der Waals surface area contributed by atoms with Gasteiger partial charge in [-0.3, -0.25) is 9.78 Å². The highest BCUT2D eigenvalue weighted by Crippen LogP contribution is 2.23. The minimum absolute atomic E-state index is 0.265. The predicted molar refractivity (Wildman–Crippen MR) is 116 cm³/mol. The van der Waals surface area contributed by atoms with Gasteiger partial charge in [0.15, 0.2) is 0 Å². The Kier molecular flexibility index (Phi) is 6.96. The monoisotopic (exact) mass is 427 g/mol.